The van der Waals surface area contributed by atoms with Crippen molar-refractivity contribution in [2.75, 3.05) is 6.54 Å². The maximum atomic E-state index is 12.2. The summed E-state index contributed by atoms with van der Waals surface area (Å²) >= 11 is 0. The molecule has 0 radical (unpaired) electrons. The van der Waals surface area contributed by atoms with Crippen LogP contribution in [0.4, 0.5) is 0 Å². The fourth-order valence-electron chi connectivity index (χ4n) is 7.70. The smallest absolute Gasteiger partial charge is 0.334 e. The van der Waals surface area contributed by atoms with E-state index >= 15 is 0 Å². The summed E-state index contributed by atoms with van der Waals surface area (Å²) in [6.07, 6.45) is 15.1. The molecule has 5 nitrogen and oxygen atoms in total. The molecule has 1 aliphatic carbocycles. The average Bonchev–Trinajstić information content (AvgIpc) is 3.41. The second-order valence-corrected chi connectivity index (χ2v) is 12.3. The SMILES string of the molecule is CC1=CC(C2=C(C)C3C=C(C)C(O)CCC4CC(C)C(O4)/C(C)=C/CCC4=NCCCC43CC2)OC1=O. The monoisotopic (exact) mass is 507 g/mol. The van der Waals surface area contributed by atoms with E-state index in [1.165, 1.54) is 22.4 Å². The van der Waals surface area contributed by atoms with Crippen molar-refractivity contribution in [3.63, 3.8) is 0 Å². The molecule has 4 heterocycles. The first-order chi connectivity index (χ1) is 17.7. The molecule has 4 aliphatic heterocycles. The molecule has 37 heavy (non-hydrogen) atoms. The van der Waals surface area contributed by atoms with Gasteiger partial charge in [0.2, 0.25) is 0 Å². The van der Waals surface area contributed by atoms with E-state index < -0.39 is 6.10 Å². The molecule has 5 aliphatic rings. The predicted molar refractivity (Wildman–Crippen MR) is 147 cm³/mol. The summed E-state index contributed by atoms with van der Waals surface area (Å²) in [7, 11) is 0. The maximum absolute atomic E-state index is 12.2. The van der Waals surface area contributed by atoms with Crippen molar-refractivity contribution in [3.8, 4) is 0 Å². The van der Waals surface area contributed by atoms with Gasteiger partial charge in [0, 0.05) is 29.2 Å². The van der Waals surface area contributed by atoms with Crippen LogP contribution in [0.3, 0.4) is 0 Å². The van der Waals surface area contributed by atoms with Crippen LogP contribution >= 0.6 is 0 Å². The number of aliphatic imine (C=N–C) groups is 1. The van der Waals surface area contributed by atoms with E-state index in [-0.39, 0.29) is 35.6 Å². The fourth-order valence-corrected chi connectivity index (χ4v) is 7.70. The number of hydrogen-bond acceptors (Lipinski definition) is 5. The molecule has 1 fully saturated rings. The second-order valence-electron chi connectivity index (χ2n) is 12.3. The zero-order valence-corrected chi connectivity index (χ0v) is 23.4. The molecule has 1 spiro atoms. The highest BCUT2D eigenvalue weighted by Gasteiger charge is 2.48. The molecular weight excluding hydrogens is 462 g/mol. The molecule has 5 heteroatoms. The van der Waals surface area contributed by atoms with Gasteiger partial charge in [-0.2, -0.15) is 0 Å². The molecule has 0 saturated carbocycles. The molecule has 202 valence electrons. The number of nitrogens with zero attached hydrogens (tertiary/aromatic N) is 1. The third-order valence-corrected chi connectivity index (χ3v) is 9.87. The van der Waals surface area contributed by atoms with Crippen molar-refractivity contribution in [1.82, 2.24) is 0 Å². The topological polar surface area (TPSA) is 68.1 Å². The Kier molecular flexibility index (Phi) is 7.66. The molecular formula is C32H45NO4. The minimum absolute atomic E-state index is 0.0289. The molecule has 0 aromatic rings. The highest BCUT2D eigenvalue weighted by molar-refractivity contribution is 5.93. The molecule has 5 rings (SSSR count). The van der Waals surface area contributed by atoms with E-state index in [0.717, 1.165) is 63.5 Å². The largest absolute Gasteiger partial charge is 0.450 e. The number of esters is 1. The van der Waals surface area contributed by atoms with Gasteiger partial charge in [-0.1, -0.05) is 24.6 Å². The zero-order chi connectivity index (χ0) is 26.3. The van der Waals surface area contributed by atoms with Crippen molar-refractivity contribution < 1.29 is 19.4 Å². The summed E-state index contributed by atoms with van der Waals surface area (Å²) in [5.74, 6) is 0.459. The molecule has 0 aromatic carbocycles. The van der Waals surface area contributed by atoms with E-state index in [0.29, 0.717) is 17.9 Å². The third-order valence-electron chi connectivity index (χ3n) is 9.87. The Balaban J connectivity index is 1.55. The van der Waals surface area contributed by atoms with Crippen molar-refractivity contribution >= 4 is 11.7 Å². The van der Waals surface area contributed by atoms with Gasteiger partial charge in [-0.3, -0.25) is 4.99 Å². The zero-order valence-electron chi connectivity index (χ0n) is 23.4. The number of rotatable bonds is 1. The lowest BCUT2D eigenvalue weighted by Crippen LogP contribution is -2.44. The number of carbonyl (C=O) groups excluding carboxylic acids is 1. The summed E-state index contributed by atoms with van der Waals surface area (Å²) in [6.45, 7) is 11.6. The second kappa shape index (κ2) is 10.6. The summed E-state index contributed by atoms with van der Waals surface area (Å²) in [4.78, 5) is 17.4. The first-order valence-electron chi connectivity index (χ1n) is 14.5. The van der Waals surface area contributed by atoms with E-state index in [9.17, 15) is 9.90 Å². The minimum atomic E-state index is -0.481. The van der Waals surface area contributed by atoms with E-state index in [4.69, 9.17) is 14.5 Å². The third kappa shape index (κ3) is 5.06. The highest BCUT2D eigenvalue weighted by Crippen LogP contribution is 2.53. The van der Waals surface area contributed by atoms with Crippen LogP contribution in [0.5, 0.6) is 0 Å². The Morgan fingerprint density at radius 1 is 1.05 bits per heavy atom. The number of ether oxygens (including phenoxy) is 2. The summed E-state index contributed by atoms with van der Waals surface area (Å²) in [5.41, 5.74) is 6.92. The summed E-state index contributed by atoms with van der Waals surface area (Å²) < 4.78 is 12.2. The normalized spacial score (nSPS) is 40.8. The number of hydrogen-bond donors (Lipinski definition) is 1. The molecule has 2 bridgehead atoms. The quantitative estimate of drug-likeness (QED) is 0.328. The van der Waals surface area contributed by atoms with Crippen molar-refractivity contribution in [1.29, 1.82) is 0 Å². The molecule has 7 unspecified atom stereocenters. The van der Waals surface area contributed by atoms with Crippen LogP contribution in [0.25, 0.3) is 0 Å². The van der Waals surface area contributed by atoms with Gasteiger partial charge in [0.25, 0.3) is 0 Å². The van der Waals surface area contributed by atoms with Crippen LogP contribution in [-0.2, 0) is 14.3 Å². The average molecular weight is 508 g/mol. The van der Waals surface area contributed by atoms with Crippen LogP contribution in [-0.4, -0.2) is 47.7 Å². The number of fused-ring (bicyclic) bond motifs is 2. The van der Waals surface area contributed by atoms with Gasteiger partial charge in [0.15, 0.2) is 0 Å². The Labute approximate surface area is 222 Å². The fraction of sp³-hybridized carbons (Fsp3) is 0.688. The molecule has 0 aromatic heterocycles. The lowest BCUT2D eigenvalue weighted by Gasteiger charge is -2.48. The number of aliphatic hydroxyl groups excluding tert-OH is 1. The van der Waals surface area contributed by atoms with Crippen molar-refractivity contribution in [3.05, 3.63) is 46.1 Å². The van der Waals surface area contributed by atoms with Gasteiger partial charge in [0.05, 0.1) is 18.3 Å². The van der Waals surface area contributed by atoms with Gasteiger partial charge in [-0.25, -0.2) is 4.79 Å². The highest BCUT2D eigenvalue weighted by atomic mass is 16.5. The van der Waals surface area contributed by atoms with Crippen LogP contribution in [0.2, 0.25) is 0 Å². The van der Waals surface area contributed by atoms with Crippen LogP contribution in [0, 0.1) is 17.3 Å². The van der Waals surface area contributed by atoms with Gasteiger partial charge < -0.3 is 14.6 Å². The predicted octanol–water partition coefficient (Wildman–Crippen LogP) is 6.43. The standard InChI is InChI=1S/C32H45NO4/c1-19-8-6-9-29-32(13-7-15-33-29)14-12-25(28-18-22(4)31(35)37-28)23(5)26(32)17-20(2)27(34)11-10-24-16-21(3)30(19)36-24/h8,17-18,21,24,26-28,30,34H,6-7,9-16H2,1-5H3/b19-8+,20-17?. The molecule has 1 saturated heterocycles. The Morgan fingerprint density at radius 2 is 1.86 bits per heavy atom. The number of carbonyl (C=O) groups is 1. The van der Waals surface area contributed by atoms with Gasteiger partial charge >= 0.3 is 5.97 Å². The lowest BCUT2D eigenvalue weighted by molar-refractivity contribution is -0.138. The summed E-state index contributed by atoms with van der Waals surface area (Å²) in [6, 6.07) is 0. The first-order valence-corrected chi connectivity index (χ1v) is 14.5. The molecule has 7 atom stereocenters. The van der Waals surface area contributed by atoms with Crippen molar-refractivity contribution in [2.45, 2.75) is 117 Å². The van der Waals surface area contributed by atoms with Crippen molar-refractivity contribution in [2.24, 2.45) is 22.2 Å². The lowest BCUT2D eigenvalue weighted by atomic mass is 9.57. The molecule has 1 N–H and O–H groups in total. The number of aliphatic hydroxyl groups is 1. The minimum Gasteiger partial charge on any atom is -0.450 e. The van der Waals surface area contributed by atoms with Crippen LogP contribution in [0.1, 0.15) is 92.4 Å². The van der Waals surface area contributed by atoms with E-state index in [2.05, 4.69) is 39.8 Å². The van der Waals surface area contributed by atoms with Crippen LogP contribution in [0.15, 0.2) is 51.1 Å². The van der Waals surface area contributed by atoms with E-state index in [1.54, 1.807) is 0 Å². The number of cyclic esters (lactones) is 1. The Hall–Kier alpha value is -1.98. The van der Waals surface area contributed by atoms with Gasteiger partial charge in [0.1, 0.15) is 6.10 Å². The van der Waals surface area contributed by atoms with E-state index in [1.807, 2.05) is 13.0 Å². The first kappa shape index (κ1) is 26.6. The van der Waals surface area contributed by atoms with Crippen LogP contribution < -0.4 is 0 Å². The van der Waals surface area contributed by atoms with Gasteiger partial charge in [-0.05, 0) is 114 Å². The summed E-state index contributed by atoms with van der Waals surface area (Å²) in [5, 5.41) is 11.2. The van der Waals surface area contributed by atoms with Gasteiger partial charge in [-0.15, -0.1) is 0 Å². The molecule has 0 amide bonds. The number of allylic oxidation sites excluding steroid dienone is 3. The Morgan fingerprint density at radius 3 is 2.62 bits per heavy atom. The maximum Gasteiger partial charge on any atom is 0.334 e. The Bertz CT molecular complexity index is 1080.